The molecule has 20 heavy (non-hydrogen) atoms. The van der Waals surface area contributed by atoms with Crippen LogP contribution in [0.4, 0.5) is 0 Å². The number of benzene rings is 1. The lowest BCUT2D eigenvalue weighted by Gasteiger charge is -2.11. The molecule has 0 spiro atoms. The molecule has 0 atom stereocenters. The highest BCUT2D eigenvalue weighted by Gasteiger charge is 2.04. The first-order valence-corrected chi connectivity index (χ1v) is 7.11. The van der Waals surface area contributed by atoms with Gasteiger partial charge in [-0.2, -0.15) is 0 Å². The number of para-hydroxylation sites is 1. The van der Waals surface area contributed by atoms with E-state index >= 15 is 0 Å². The van der Waals surface area contributed by atoms with Gasteiger partial charge in [0.15, 0.2) is 5.96 Å². The molecule has 0 aliphatic rings. The lowest BCUT2D eigenvalue weighted by atomic mass is 10.1. The fraction of sp³-hybridized carbons (Fsp3) is 0.438. The van der Waals surface area contributed by atoms with Gasteiger partial charge in [-0.15, -0.1) is 0 Å². The molecule has 0 radical (unpaired) electrons. The molecule has 4 heteroatoms. The van der Waals surface area contributed by atoms with Gasteiger partial charge in [0.05, 0.1) is 6.54 Å². The van der Waals surface area contributed by atoms with E-state index < -0.39 is 0 Å². The summed E-state index contributed by atoms with van der Waals surface area (Å²) in [5, 5.41) is 7.70. The van der Waals surface area contributed by atoms with Crippen molar-refractivity contribution in [1.82, 2.24) is 10.6 Å². The maximum atomic E-state index is 5.76. The summed E-state index contributed by atoms with van der Waals surface area (Å²) in [7, 11) is 1.78. The Balaban J connectivity index is 1.86. The van der Waals surface area contributed by atoms with E-state index in [9.17, 15) is 0 Å². The molecule has 4 nitrogen and oxygen atoms in total. The predicted molar refractivity (Wildman–Crippen MR) is 83.9 cm³/mol. The van der Waals surface area contributed by atoms with Gasteiger partial charge >= 0.3 is 0 Å². The lowest BCUT2D eigenvalue weighted by Crippen LogP contribution is -2.37. The van der Waals surface area contributed by atoms with E-state index in [0.717, 1.165) is 35.7 Å². The molecule has 1 aromatic heterocycles. The van der Waals surface area contributed by atoms with Gasteiger partial charge in [0.2, 0.25) is 0 Å². The average molecular weight is 273 g/mol. The molecule has 1 aromatic carbocycles. The summed E-state index contributed by atoms with van der Waals surface area (Å²) < 4.78 is 5.76. The van der Waals surface area contributed by atoms with E-state index in [0.29, 0.717) is 12.5 Å². The van der Waals surface area contributed by atoms with Gasteiger partial charge in [-0.1, -0.05) is 32.0 Å². The van der Waals surface area contributed by atoms with E-state index in [4.69, 9.17) is 4.42 Å². The minimum absolute atomic E-state index is 0.635. The minimum atomic E-state index is 0.635. The summed E-state index contributed by atoms with van der Waals surface area (Å²) in [6.07, 6.45) is 1.13. The van der Waals surface area contributed by atoms with Crippen LogP contribution < -0.4 is 10.6 Å². The number of rotatable bonds is 5. The Bertz CT molecular complexity index is 539. The highest BCUT2D eigenvalue weighted by Crippen LogP contribution is 2.18. The monoisotopic (exact) mass is 273 g/mol. The Morgan fingerprint density at radius 1 is 1.25 bits per heavy atom. The van der Waals surface area contributed by atoms with Crippen molar-refractivity contribution < 1.29 is 4.42 Å². The first-order valence-electron chi connectivity index (χ1n) is 7.11. The van der Waals surface area contributed by atoms with Crippen molar-refractivity contribution in [3.05, 3.63) is 36.1 Å². The normalized spacial score (nSPS) is 12.1. The molecule has 0 bridgehead atoms. The van der Waals surface area contributed by atoms with Crippen molar-refractivity contribution in [3.63, 3.8) is 0 Å². The molecule has 0 saturated heterocycles. The Labute approximate surface area is 120 Å². The number of aliphatic imine (C=N–C) groups is 1. The zero-order chi connectivity index (χ0) is 14.4. The molecule has 0 fully saturated rings. The van der Waals surface area contributed by atoms with Crippen LogP contribution in [0.2, 0.25) is 0 Å². The Morgan fingerprint density at radius 3 is 2.75 bits per heavy atom. The lowest BCUT2D eigenvalue weighted by molar-refractivity contribution is 0.535. The van der Waals surface area contributed by atoms with Crippen LogP contribution in [-0.2, 0) is 6.54 Å². The average Bonchev–Trinajstić information content (AvgIpc) is 2.85. The van der Waals surface area contributed by atoms with E-state index in [1.807, 2.05) is 18.2 Å². The Morgan fingerprint density at radius 2 is 2.05 bits per heavy atom. The van der Waals surface area contributed by atoms with Crippen LogP contribution in [0, 0.1) is 5.92 Å². The molecular weight excluding hydrogens is 250 g/mol. The van der Waals surface area contributed by atoms with E-state index in [-0.39, 0.29) is 0 Å². The number of fused-ring (bicyclic) bond motifs is 1. The van der Waals surface area contributed by atoms with Crippen molar-refractivity contribution >= 4 is 16.9 Å². The highest BCUT2D eigenvalue weighted by atomic mass is 16.3. The number of nitrogens with zero attached hydrogens (tertiary/aromatic N) is 1. The SMILES string of the molecule is CN=C(NCCC(C)C)NCc1cc2ccccc2o1. The molecule has 0 aliphatic carbocycles. The predicted octanol–water partition coefficient (Wildman–Crippen LogP) is 3.14. The third-order valence-corrected chi connectivity index (χ3v) is 3.14. The van der Waals surface area contributed by atoms with Crippen molar-refractivity contribution in [2.75, 3.05) is 13.6 Å². The summed E-state index contributed by atoms with van der Waals surface area (Å²) in [5.41, 5.74) is 0.923. The van der Waals surface area contributed by atoms with Crippen LogP contribution in [0.15, 0.2) is 39.7 Å². The van der Waals surface area contributed by atoms with Gasteiger partial charge in [-0.25, -0.2) is 0 Å². The third kappa shape index (κ3) is 4.02. The van der Waals surface area contributed by atoms with Crippen molar-refractivity contribution in [3.8, 4) is 0 Å². The van der Waals surface area contributed by atoms with Gasteiger partial charge < -0.3 is 15.1 Å². The number of furan rings is 1. The zero-order valence-electron chi connectivity index (χ0n) is 12.4. The molecule has 2 aromatic rings. The van der Waals surface area contributed by atoms with Gasteiger partial charge in [-0.3, -0.25) is 4.99 Å². The molecule has 108 valence electrons. The second-order valence-corrected chi connectivity index (χ2v) is 5.29. The molecule has 0 saturated carbocycles. The first kappa shape index (κ1) is 14.4. The molecule has 2 N–H and O–H groups in total. The van der Waals surface area contributed by atoms with Crippen molar-refractivity contribution in [2.45, 2.75) is 26.8 Å². The summed E-state index contributed by atoms with van der Waals surface area (Å²) >= 11 is 0. The largest absolute Gasteiger partial charge is 0.459 e. The van der Waals surface area contributed by atoms with E-state index in [2.05, 4.69) is 41.6 Å². The van der Waals surface area contributed by atoms with Crippen LogP contribution in [0.5, 0.6) is 0 Å². The first-order chi connectivity index (χ1) is 9.69. The van der Waals surface area contributed by atoms with Gasteiger partial charge in [0, 0.05) is 19.0 Å². The van der Waals surface area contributed by atoms with Crippen LogP contribution in [0.1, 0.15) is 26.0 Å². The summed E-state index contributed by atoms with van der Waals surface area (Å²) in [6, 6.07) is 10.1. The van der Waals surface area contributed by atoms with Gasteiger partial charge in [0.1, 0.15) is 11.3 Å². The maximum absolute atomic E-state index is 5.76. The van der Waals surface area contributed by atoms with Crippen molar-refractivity contribution in [1.29, 1.82) is 0 Å². The van der Waals surface area contributed by atoms with Gasteiger partial charge in [0.25, 0.3) is 0 Å². The molecule has 1 heterocycles. The smallest absolute Gasteiger partial charge is 0.191 e. The summed E-state index contributed by atoms with van der Waals surface area (Å²) in [5.74, 6) is 2.42. The highest BCUT2D eigenvalue weighted by molar-refractivity contribution is 5.80. The fourth-order valence-corrected chi connectivity index (χ4v) is 1.99. The third-order valence-electron chi connectivity index (χ3n) is 3.14. The van der Waals surface area contributed by atoms with Crippen LogP contribution in [-0.4, -0.2) is 19.6 Å². The zero-order valence-corrected chi connectivity index (χ0v) is 12.4. The summed E-state index contributed by atoms with van der Waals surface area (Å²) in [6.45, 7) is 5.99. The second kappa shape index (κ2) is 6.98. The molecule has 0 unspecified atom stereocenters. The minimum Gasteiger partial charge on any atom is -0.459 e. The molecule has 0 aliphatic heterocycles. The Hall–Kier alpha value is -1.97. The number of hydrogen-bond acceptors (Lipinski definition) is 2. The summed E-state index contributed by atoms with van der Waals surface area (Å²) in [4.78, 5) is 4.21. The number of guanidine groups is 1. The fourth-order valence-electron chi connectivity index (χ4n) is 1.99. The second-order valence-electron chi connectivity index (χ2n) is 5.29. The van der Waals surface area contributed by atoms with Crippen LogP contribution in [0.3, 0.4) is 0 Å². The molecule has 0 amide bonds. The standard InChI is InChI=1S/C16H23N3O/c1-12(2)8-9-18-16(17-3)19-11-14-10-13-6-4-5-7-15(13)20-14/h4-7,10,12H,8-9,11H2,1-3H3,(H2,17,18,19). The maximum Gasteiger partial charge on any atom is 0.191 e. The molecular formula is C16H23N3O. The molecule has 2 rings (SSSR count). The Kier molecular flexibility index (Phi) is 5.04. The van der Waals surface area contributed by atoms with E-state index in [1.54, 1.807) is 7.05 Å². The van der Waals surface area contributed by atoms with Crippen molar-refractivity contribution in [2.24, 2.45) is 10.9 Å². The topological polar surface area (TPSA) is 49.6 Å². The van der Waals surface area contributed by atoms with Crippen LogP contribution in [0.25, 0.3) is 11.0 Å². The number of nitrogens with one attached hydrogen (secondary N) is 2. The quantitative estimate of drug-likeness (QED) is 0.650. The van der Waals surface area contributed by atoms with Crippen LogP contribution >= 0.6 is 0 Å². The number of hydrogen-bond donors (Lipinski definition) is 2. The van der Waals surface area contributed by atoms with Gasteiger partial charge in [-0.05, 0) is 24.5 Å². The van der Waals surface area contributed by atoms with E-state index in [1.165, 1.54) is 0 Å².